The smallest absolute Gasteiger partial charge is 0.251 e. The van der Waals surface area contributed by atoms with Crippen LogP contribution in [0.3, 0.4) is 0 Å². The number of carbonyl (C=O) groups excluding carboxylic acids is 1. The minimum absolute atomic E-state index is 0.157. The van der Waals surface area contributed by atoms with Crippen molar-refractivity contribution in [2.24, 2.45) is 17.6 Å². The van der Waals surface area contributed by atoms with Gasteiger partial charge in [0, 0.05) is 25.7 Å². The van der Waals surface area contributed by atoms with E-state index in [1.54, 1.807) is 0 Å². The molecule has 3 unspecified atom stereocenters. The van der Waals surface area contributed by atoms with Gasteiger partial charge < -0.3 is 15.4 Å². The number of fused-ring (bicyclic) bond motifs is 1. The van der Waals surface area contributed by atoms with Crippen LogP contribution >= 0.6 is 0 Å². The van der Waals surface area contributed by atoms with Gasteiger partial charge in [-0.25, -0.2) is 0 Å². The molecule has 4 atom stereocenters. The van der Waals surface area contributed by atoms with Crippen molar-refractivity contribution in [1.29, 1.82) is 0 Å². The summed E-state index contributed by atoms with van der Waals surface area (Å²) in [7, 11) is 0. The molecular weight excluding hydrogens is 204 g/mol. The van der Waals surface area contributed by atoms with E-state index in [2.05, 4.69) is 0 Å². The highest BCUT2D eigenvalue weighted by Gasteiger charge is 2.44. The third-order valence-corrected chi connectivity index (χ3v) is 4.43. The average molecular weight is 224 g/mol. The highest BCUT2D eigenvalue weighted by Crippen LogP contribution is 2.37. The molecule has 1 saturated carbocycles. The molecule has 3 rings (SSSR count). The monoisotopic (exact) mass is 224 g/mol. The van der Waals surface area contributed by atoms with E-state index in [1.807, 2.05) is 4.90 Å². The average Bonchev–Trinajstić information content (AvgIpc) is 2.96. The van der Waals surface area contributed by atoms with Gasteiger partial charge in [0.2, 0.25) is 0 Å². The van der Waals surface area contributed by atoms with Gasteiger partial charge in [-0.3, -0.25) is 4.79 Å². The van der Waals surface area contributed by atoms with Crippen LogP contribution < -0.4 is 5.73 Å². The molecule has 2 heterocycles. The van der Waals surface area contributed by atoms with Crippen molar-refractivity contribution in [2.45, 2.75) is 37.8 Å². The van der Waals surface area contributed by atoms with E-state index >= 15 is 0 Å². The molecule has 2 aliphatic heterocycles. The number of carbonyl (C=O) groups is 1. The predicted molar refractivity (Wildman–Crippen MR) is 59.7 cm³/mol. The van der Waals surface area contributed by atoms with E-state index in [4.69, 9.17) is 10.5 Å². The molecular formula is C12H20N2O2. The zero-order valence-corrected chi connectivity index (χ0v) is 9.60. The van der Waals surface area contributed by atoms with Crippen LogP contribution in [0.5, 0.6) is 0 Å². The van der Waals surface area contributed by atoms with Crippen molar-refractivity contribution < 1.29 is 9.53 Å². The van der Waals surface area contributed by atoms with Crippen LogP contribution in [0.4, 0.5) is 0 Å². The highest BCUT2D eigenvalue weighted by molar-refractivity contribution is 5.81. The standard InChI is InChI=1S/C12H20N2O2/c13-10-4-3-8-6-14(7-9(8)10)12(15)11-2-1-5-16-11/h8-11H,1-7,13H2/t8?,9?,10?,11-/m0/s1. The Morgan fingerprint density at radius 1 is 1.25 bits per heavy atom. The Labute approximate surface area is 96.1 Å². The summed E-state index contributed by atoms with van der Waals surface area (Å²) in [5.41, 5.74) is 6.07. The fourth-order valence-electron chi connectivity index (χ4n) is 3.46. The van der Waals surface area contributed by atoms with Crippen LogP contribution in [0.15, 0.2) is 0 Å². The van der Waals surface area contributed by atoms with E-state index in [0.717, 1.165) is 39.0 Å². The van der Waals surface area contributed by atoms with E-state index in [1.165, 1.54) is 6.42 Å². The molecule has 16 heavy (non-hydrogen) atoms. The van der Waals surface area contributed by atoms with Gasteiger partial charge >= 0.3 is 0 Å². The van der Waals surface area contributed by atoms with E-state index in [-0.39, 0.29) is 12.0 Å². The van der Waals surface area contributed by atoms with Crippen LogP contribution in [0.1, 0.15) is 25.7 Å². The molecule has 2 N–H and O–H groups in total. The van der Waals surface area contributed by atoms with Crippen molar-refractivity contribution in [3.63, 3.8) is 0 Å². The summed E-state index contributed by atoms with van der Waals surface area (Å²) in [5, 5.41) is 0. The highest BCUT2D eigenvalue weighted by atomic mass is 16.5. The quantitative estimate of drug-likeness (QED) is 0.699. The Hall–Kier alpha value is -0.610. The molecule has 0 bridgehead atoms. The Bertz CT molecular complexity index is 289. The van der Waals surface area contributed by atoms with E-state index in [9.17, 15) is 4.79 Å². The van der Waals surface area contributed by atoms with Gasteiger partial charge in [0.1, 0.15) is 6.10 Å². The molecule has 4 heteroatoms. The maximum Gasteiger partial charge on any atom is 0.251 e. The van der Waals surface area contributed by atoms with Crippen LogP contribution in [-0.2, 0) is 9.53 Å². The lowest BCUT2D eigenvalue weighted by atomic mass is 9.98. The molecule has 2 saturated heterocycles. The van der Waals surface area contributed by atoms with Crippen LogP contribution in [0.25, 0.3) is 0 Å². The number of likely N-dealkylation sites (tertiary alicyclic amines) is 1. The first kappa shape index (κ1) is 10.5. The van der Waals surface area contributed by atoms with Crippen molar-refractivity contribution in [1.82, 2.24) is 4.90 Å². The topological polar surface area (TPSA) is 55.6 Å². The third kappa shape index (κ3) is 1.64. The van der Waals surface area contributed by atoms with E-state index in [0.29, 0.717) is 17.9 Å². The maximum absolute atomic E-state index is 12.1. The zero-order valence-electron chi connectivity index (χ0n) is 9.60. The summed E-state index contributed by atoms with van der Waals surface area (Å²) in [6.07, 6.45) is 4.10. The van der Waals surface area contributed by atoms with Crippen molar-refractivity contribution in [2.75, 3.05) is 19.7 Å². The summed E-state index contributed by atoms with van der Waals surface area (Å²) in [5.74, 6) is 1.41. The number of hydrogen-bond acceptors (Lipinski definition) is 3. The summed E-state index contributed by atoms with van der Waals surface area (Å²) in [6.45, 7) is 2.53. The minimum Gasteiger partial charge on any atom is -0.368 e. The number of nitrogens with zero attached hydrogens (tertiary/aromatic N) is 1. The number of hydrogen-bond donors (Lipinski definition) is 1. The van der Waals surface area contributed by atoms with Crippen molar-refractivity contribution in [3.05, 3.63) is 0 Å². The summed E-state index contributed by atoms with van der Waals surface area (Å²) < 4.78 is 5.45. The normalized spacial score (nSPS) is 42.7. The van der Waals surface area contributed by atoms with Crippen molar-refractivity contribution >= 4 is 5.91 Å². The Morgan fingerprint density at radius 2 is 2.12 bits per heavy atom. The number of nitrogens with two attached hydrogens (primary N) is 1. The predicted octanol–water partition coefficient (Wildman–Crippen LogP) is 0.361. The Kier molecular flexibility index (Phi) is 2.64. The molecule has 4 nitrogen and oxygen atoms in total. The summed E-state index contributed by atoms with van der Waals surface area (Å²) in [4.78, 5) is 14.1. The molecule has 90 valence electrons. The second kappa shape index (κ2) is 4.00. The van der Waals surface area contributed by atoms with Gasteiger partial charge in [0.15, 0.2) is 0 Å². The van der Waals surface area contributed by atoms with Crippen molar-refractivity contribution in [3.8, 4) is 0 Å². The molecule has 0 aromatic carbocycles. The molecule has 0 spiro atoms. The zero-order chi connectivity index (χ0) is 11.1. The van der Waals surface area contributed by atoms with Crippen LogP contribution in [0, 0.1) is 11.8 Å². The van der Waals surface area contributed by atoms with Crippen LogP contribution in [0.2, 0.25) is 0 Å². The molecule has 1 aliphatic carbocycles. The lowest BCUT2D eigenvalue weighted by Gasteiger charge is -2.21. The molecule has 0 aromatic rings. The Morgan fingerprint density at radius 3 is 2.81 bits per heavy atom. The summed E-state index contributed by atoms with van der Waals surface area (Å²) >= 11 is 0. The number of rotatable bonds is 1. The fourth-order valence-corrected chi connectivity index (χ4v) is 3.46. The number of ether oxygens (including phenoxy) is 1. The second-order valence-corrected chi connectivity index (χ2v) is 5.41. The van der Waals surface area contributed by atoms with Gasteiger partial charge in [0.05, 0.1) is 0 Å². The largest absolute Gasteiger partial charge is 0.368 e. The van der Waals surface area contributed by atoms with E-state index < -0.39 is 0 Å². The second-order valence-electron chi connectivity index (χ2n) is 5.41. The third-order valence-electron chi connectivity index (χ3n) is 4.43. The van der Waals surface area contributed by atoms with Gasteiger partial charge in [-0.1, -0.05) is 0 Å². The molecule has 1 amide bonds. The first-order valence-electron chi connectivity index (χ1n) is 6.41. The van der Waals surface area contributed by atoms with Gasteiger partial charge in [-0.15, -0.1) is 0 Å². The SMILES string of the molecule is NC1CCC2CN(C(=O)[C@@H]3CCCO3)CC12. The van der Waals surface area contributed by atoms with Crippen LogP contribution in [-0.4, -0.2) is 42.6 Å². The molecule has 3 aliphatic rings. The lowest BCUT2D eigenvalue weighted by Crippen LogP contribution is -2.39. The minimum atomic E-state index is -0.157. The molecule has 0 aromatic heterocycles. The maximum atomic E-state index is 12.1. The van der Waals surface area contributed by atoms with Gasteiger partial charge in [-0.2, -0.15) is 0 Å². The fraction of sp³-hybridized carbons (Fsp3) is 0.917. The first-order valence-corrected chi connectivity index (χ1v) is 6.41. The lowest BCUT2D eigenvalue weighted by molar-refractivity contribution is -0.140. The van der Waals surface area contributed by atoms with Gasteiger partial charge in [0.25, 0.3) is 5.91 Å². The first-order chi connectivity index (χ1) is 7.75. The summed E-state index contributed by atoms with van der Waals surface area (Å²) in [6, 6.07) is 0.312. The Balaban J connectivity index is 1.63. The molecule has 3 fully saturated rings. The number of amides is 1. The van der Waals surface area contributed by atoms with Gasteiger partial charge in [-0.05, 0) is 37.5 Å². The molecule has 0 radical (unpaired) electrons.